The summed E-state index contributed by atoms with van der Waals surface area (Å²) in [5.41, 5.74) is -2.41. The number of aliphatic imine (C=N–C) groups is 1. The van der Waals surface area contributed by atoms with Crippen molar-refractivity contribution in [2.45, 2.75) is 38.8 Å². The molecule has 98 valence electrons. The highest BCUT2D eigenvalue weighted by atomic mass is 16.3. The lowest BCUT2D eigenvalue weighted by atomic mass is 9.79. The highest BCUT2D eigenvalue weighted by Crippen LogP contribution is 2.25. The van der Waals surface area contributed by atoms with Crippen LogP contribution in [0.25, 0.3) is 0 Å². The number of hydrogen-bond acceptors (Lipinski definition) is 5. The van der Waals surface area contributed by atoms with Crippen LogP contribution in [0, 0.1) is 0 Å². The highest BCUT2D eigenvalue weighted by molar-refractivity contribution is 6.22. The molecule has 0 saturated carbocycles. The molecular formula is C13H17NO4. The molecule has 0 radical (unpaired) electrons. The standard InChI is InChI=1S/C13H17NO4/c1-6-10(14-7-15)13(18,11(16)8(2)3)12(17)9(4)5/h10,18H,2,4,6H2,1,3,5H3. The predicted molar refractivity (Wildman–Crippen MR) is 66.8 cm³/mol. The quantitative estimate of drug-likeness (QED) is 0.318. The first-order valence-corrected chi connectivity index (χ1v) is 5.43. The molecule has 1 atom stereocenters. The fourth-order valence-corrected chi connectivity index (χ4v) is 1.60. The van der Waals surface area contributed by atoms with Crippen LogP contribution in [0.1, 0.15) is 27.2 Å². The van der Waals surface area contributed by atoms with Gasteiger partial charge in [0.1, 0.15) is 6.04 Å². The molecule has 0 aliphatic carbocycles. The minimum absolute atomic E-state index is 0.00616. The zero-order chi connectivity index (χ0) is 14.5. The number of isocyanates is 1. The third kappa shape index (κ3) is 2.88. The first kappa shape index (κ1) is 16.2. The SMILES string of the molecule is C=C(C)C(=O)C(O)(C(=O)C(=C)C)C(CC)N=C=O. The number of ketones is 2. The van der Waals surface area contributed by atoms with Crippen molar-refractivity contribution in [3.8, 4) is 0 Å². The second-order valence-corrected chi connectivity index (χ2v) is 4.13. The summed E-state index contributed by atoms with van der Waals surface area (Å²) in [6.07, 6.45) is 1.39. The molecule has 0 aromatic heterocycles. The number of Topliss-reactive ketones (excluding diaryl/α,β-unsaturated/α-hetero) is 2. The Balaban J connectivity index is 5.90. The third-order valence-corrected chi connectivity index (χ3v) is 2.55. The van der Waals surface area contributed by atoms with E-state index < -0.39 is 23.2 Å². The number of carbonyl (C=O) groups excluding carboxylic acids is 3. The number of hydrogen-bond donors (Lipinski definition) is 1. The lowest BCUT2D eigenvalue weighted by Gasteiger charge is -2.29. The molecule has 0 aromatic carbocycles. The van der Waals surface area contributed by atoms with Crippen LogP contribution in [-0.2, 0) is 14.4 Å². The Labute approximate surface area is 106 Å². The molecule has 0 fully saturated rings. The molecule has 0 spiro atoms. The van der Waals surface area contributed by atoms with Gasteiger partial charge in [-0.15, -0.1) is 0 Å². The summed E-state index contributed by atoms with van der Waals surface area (Å²) in [5.74, 6) is -1.72. The molecule has 0 aliphatic rings. The van der Waals surface area contributed by atoms with Crippen molar-refractivity contribution in [2.24, 2.45) is 4.99 Å². The largest absolute Gasteiger partial charge is 0.372 e. The lowest BCUT2D eigenvalue weighted by Crippen LogP contribution is -2.55. The molecule has 18 heavy (non-hydrogen) atoms. The van der Waals surface area contributed by atoms with Crippen molar-refractivity contribution < 1.29 is 19.5 Å². The van der Waals surface area contributed by atoms with Crippen LogP contribution in [-0.4, -0.2) is 34.4 Å². The Morgan fingerprint density at radius 2 is 1.67 bits per heavy atom. The Morgan fingerprint density at radius 1 is 1.28 bits per heavy atom. The van der Waals surface area contributed by atoms with Crippen LogP contribution in [0.2, 0.25) is 0 Å². The van der Waals surface area contributed by atoms with Gasteiger partial charge in [-0.05, 0) is 31.4 Å². The molecule has 0 saturated heterocycles. The van der Waals surface area contributed by atoms with Gasteiger partial charge < -0.3 is 5.11 Å². The van der Waals surface area contributed by atoms with E-state index in [-0.39, 0.29) is 17.6 Å². The molecule has 0 bridgehead atoms. The average Bonchev–Trinajstić information content (AvgIpc) is 2.32. The summed E-state index contributed by atoms with van der Waals surface area (Å²) in [7, 11) is 0. The fraction of sp³-hybridized carbons (Fsp3) is 0.462. The van der Waals surface area contributed by atoms with E-state index in [1.165, 1.54) is 19.9 Å². The van der Waals surface area contributed by atoms with E-state index in [1.807, 2.05) is 0 Å². The van der Waals surface area contributed by atoms with Gasteiger partial charge in [0, 0.05) is 0 Å². The summed E-state index contributed by atoms with van der Waals surface area (Å²) >= 11 is 0. The van der Waals surface area contributed by atoms with Crippen LogP contribution in [0.4, 0.5) is 0 Å². The number of aliphatic hydroxyl groups is 1. The lowest BCUT2D eigenvalue weighted by molar-refractivity contribution is -0.148. The van der Waals surface area contributed by atoms with Gasteiger partial charge in [-0.1, -0.05) is 20.1 Å². The van der Waals surface area contributed by atoms with Crippen LogP contribution in [0.15, 0.2) is 29.3 Å². The summed E-state index contributed by atoms with van der Waals surface area (Å²) < 4.78 is 0. The molecule has 0 aliphatic heterocycles. The van der Waals surface area contributed by atoms with Gasteiger partial charge in [0.25, 0.3) is 0 Å². The smallest absolute Gasteiger partial charge is 0.235 e. The molecule has 1 N–H and O–H groups in total. The number of rotatable bonds is 7. The van der Waals surface area contributed by atoms with E-state index in [1.54, 1.807) is 6.92 Å². The van der Waals surface area contributed by atoms with Crippen LogP contribution in [0.5, 0.6) is 0 Å². The first-order chi connectivity index (χ1) is 8.23. The van der Waals surface area contributed by atoms with E-state index >= 15 is 0 Å². The monoisotopic (exact) mass is 251 g/mol. The molecule has 5 nitrogen and oxygen atoms in total. The van der Waals surface area contributed by atoms with E-state index in [4.69, 9.17) is 0 Å². The molecular weight excluding hydrogens is 234 g/mol. The van der Waals surface area contributed by atoms with Crippen molar-refractivity contribution >= 4 is 17.6 Å². The van der Waals surface area contributed by atoms with Gasteiger partial charge in [0.15, 0.2) is 11.6 Å². The van der Waals surface area contributed by atoms with Crippen LogP contribution in [0.3, 0.4) is 0 Å². The zero-order valence-electron chi connectivity index (χ0n) is 10.8. The van der Waals surface area contributed by atoms with E-state index in [0.717, 1.165) is 0 Å². The Kier molecular flexibility index (Phi) is 5.56. The van der Waals surface area contributed by atoms with Crippen molar-refractivity contribution in [3.63, 3.8) is 0 Å². The van der Waals surface area contributed by atoms with E-state index in [9.17, 15) is 19.5 Å². The van der Waals surface area contributed by atoms with E-state index in [0.29, 0.717) is 0 Å². The Morgan fingerprint density at radius 3 is 1.89 bits per heavy atom. The summed E-state index contributed by atoms with van der Waals surface area (Å²) in [6.45, 7) is 11.2. The Bertz CT molecular complexity index is 418. The minimum Gasteiger partial charge on any atom is -0.372 e. The number of carbonyl (C=O) groups is 2. The predicted octanol–water partition coefficient (Wildman–Crippen LogP) is 1.12. The topological polar surface area (TPSA) is 83.8 Å². The first-order valence-electron chi connectivity index (χ1n) is 5.43. The summed E-state index contributed by atoms with van der Waals surface area (Å²) in [4.78, 5) is 37.6. The summed E-state index contributed by atoms with van der Waals surface area (Å²) in [5, 5.41) is 10.4. The molecule has 0 aromatic rings. The molecule has 0 amide bonds. The van der Waals surface area contributed by atoms with Crippen molar-refractivity contribution in [1.82, 2.24) is 0 Å². The van der Waals surface area contributed by atoms with Crippen molar-refractivity contribution in [1.29, 1.82) is 0 Å². The zero-order valence-corrected chi connectivity index (χ0v) is 10.8. The maximum Gasteiger partial charge on any atom is 0.235 e. The van der Waals surface area contributed by atoms with Gasteiger partial charge in [-0.3, -0.25) is 9.59 Å². The fourth-order valence-electron chi connectivity index (χ4n) is 1.60. The molecule has 0 rings (SSSR count). The van der Waals surface area contributed by atoms with E-state index in [2.05, 4.69) is 18.2 Å². The van der Waals surface area contributed by atoms with Gasteiger partial charge in [-0.2, -0.15) is 4.99 Å². The van der Waals surface area contributed by atoms with Gasteiger partial charge in [0.2, 0.25) is 11.7 Å². The highest BCUT2D eigenvalue weighted by Gasteiger charge is 2.50. The summed E-state index contributed by atoms with van der Waals surface area (Å²) in [6, 6.07) is -1.19. The van der Waals surface area contributed by atoms with Crippen LogP contribution >= 0.6 is 0 Å². The molecule has 1 unspecified atom stereocenters. The van der Waals surface area contributed by atoms with Crippen LogP contribution < -0.4 is 0 Å². The second-order valence-electron chi connectivity index (χ2n) is 4.13. The maximum atomic E-state index is 12.0. The number of nitrogens with zero attached hydrogens (tertiary/aromatic N) is 1. The van der Waals surface area contributed by atoms with Gasteiger partial charge in [0.05, 0.1) is 0 Å². The molecule has 0 heterocycles. The normalized spacial score (nSPS) is 12.2. The Hall–Kier alpha value is -1.84. The average molecular weight is 251 g/mol. The second kappa shape index (κ2) is 6.19. The third-order valence-electron chi connectivity index (χ3n) is 2.55. The van der Waals surface area contributed by atoms with Crippen molar-refractivity contribution in [3.05, 3.63) is 24.3 Å². The van der Waals surface area contributed by atoms with Gasteiger partial charge >= 0.3 is 0 Å². The maximum absolute atomic E-state index is 12.0. The van der Waals surface area contributed by atoms with Crippen molar-refractivity contribution in [2.75, 3.05) is 0 Å². The molecule has 5 heteroatoms. The van der Waals surface area contributed by atoms with Gasteiger partial charge in [-0.25, -0.2) is 4.79 Å². The minimum atomic E-state index is -2.43.